The summed E-state index contributed by atoms with van der Waals surface area (Å²) in [4.78, 5) is 15.5. The molecule has 1 aromatic carbocycles. The standard InChI is InChI=1S/C24H29NO4S/c26-22-11-17-9-16(23-25-21(13-30-23)24(27)28)6-8-19(17)20(22)12-29-18-7-5-14-3-1-2-4-15(14)10-18/h5,7,10,13,16-17,19-20,22,26H,1-4,6,8-9,11-12H2,(H,27,28)/t16-,17-,19-,20+,22-/m0/s1. The molecular weight excluding hydrogens is 398 g/mol. The van der Waals surface area contributed by atoms with Crippen molar-refractivity contribution in [1.29, 1.82) is 0 Å². The van der Waals surface area contributed by atoms with E-state index in [4.69, 9.17) is 9.84 Å². The number of aryl methyl sites for hydroxylation is 2. The maximum absolute atomic E-state index is 11.1. The number of carboxylic acids is 1. The summed E-state index contributed by atoms with van der Waals surface area (Å²) in [7, 11) is 0. The van der Waals surface area contributed by atoms with Crippen LogP contribution >= 0.6 is 11.3 Å². The van der Waals surface area contributed by atoms with E-state index in [1.54, 1.807) is 5.38 Å². The second kappa shape index (κ2) is 8.31. The molecule has 1 heterocycles. The van der Waals surface area contributed by atoms with Gasteiger partial charge in [-0.3, -0.25) is 0 Å². The number of thiazole rings is 1. The molecule has 0 radical (unpaired) electrons. The first-order valence-electron chi connectivity index (χ1n) is 11.2. The minimum atomic E-state index is -0.957. The number of ether oxygens (including phenoxy) is 1. The van der Waals surface area contributed by atoms with Gasteiger partial charge in [0.2, 0.25) is 0 Å². The van der Waals surface area contributed by atoms with Crippen LogP contribution in [0.1, 0.15) is 71.1 Å². The first kappa shape index (κ1) is 20.0. The van der Waals surface area contributed by atoms with E-state index < -0.39 is 5.97 Å². The average Bonchev–Trinajstić information content (AvgIpc) is 3.36. The molecular formula is C24H29NO4S. The molecule has 3 aliphatic carbocycles. The van der Waals surface area contributed by atoms with E-state index in [2.05, 4.69) is 23.2 Å². The number of aliphatic hydroxyl groups excluding tert-OH is 1. The third kappa shape index (κ3) is 3.87. The normalized spacial score (nSPS) is 30.5. The van der Waals surface area contributed by atoms with Gasteiger partial charge in [0.15, 0.2) is 5.69 Å². The van der Waals surface area contributed by atoms with Crippen LogP contribution in [-0.2, 0) is 12.8 Å². The summed E-state index contributed by atoms with van der Waals surface area (Å²) in [6.45, 7) is 0.576. The van der Waals surface area contributed by atoms with E-state index >= 15 is 0 Å². The second-order valence-corrected chi connectivity index (χ2v) is 10.1. The van der Waals surface area contributed by atoms with Gasteiger partial charge in [-0.05, 0) is 86.5 Å². The predicted molar refractivity (Wildman–Crippen MR) is 115 cm³/mol. The van der Waals surface area contributed by atoms with Crippen molar-refractivity contribution in [1.82, 2.24) is 4.98 Å². The quantitative estimate of drug-likeness (QED) is 0.724. The van der Waals surface area contributed by atoms with Crippen molar-refractivity contribution in [2.45, 2.75) is 63.4 Å². The number of aliphatic hydroxyl groups is 1. The van der Waals surface area contributed by atoms with Crippen molar-refractivity contribution < 1.29 is 19.7 Å². The molecule has 2 saturated carbocycles. The number of hydrogen-bond donors (Lipinski definition) is 2. The van der Waals surface area contributed by atoms with Crippen molar-refractivity contribution in [3.63, 3.8) is 0 Å². The van der Waals surface area contributed by atoms with Crippen molar-refractivity contribution >= 4 is 17.3 Å². The zero-order valence-electron chi connectivity index (χ0n) is 17.1. The largest absolute Gasteiger partial charge is 0.493 e. The van der Waals surface area contributed by atoms with Crippen LogP contribution in [-0.4, -0.2) is 33.9 Å². The molecule has 0 saturated heterocycles. The lowest BCUT2D eigenvalue weighted by Crippen LogP contribution is -2.29. The molecule has 0 unspecified atom stereocenters. The summed E-state index contributed by atoms with van der Waals surface area (Å²) in [5, 5.41) is 22.5. The Bertz CT molecular complexity index is 926. The minimum Gasteiger partial charge on any atom is -0.493 e. The van der Waals surface area contributed by atoms with E-state index in [9.17, 15) is 9.90 Å². The molecule has 0 amide bonds. The minimum absolute atomic E-state index is 0.153. The summed E-state index contributed by atoms with van der Waals surface area (Å²) in [5.74, 6) is 1.42. The Morgan fingerprint density at radius 3 is 2.80 bits per heavy atom. The van der Waals surface area contributed by atoms with Crippen LogP contribution in [0.25, 0.3) is 0 Å². The highest BCUT2D eigenvalue weighted by atomic mass is 32.1. The van der Waals surface area contributed by atoms with Crippen LogP contribution in [0.15, 0.2) is 23.6 Å². The Morgan fingerprint density at radius 1 is 1.17 bits per heavy atom. The van der Waals surface area contributed by atoms with E-state index in [0.29, 0.717) is 24.4 Å². The van der Waals surface area contributed by atoms with Crippen LogP contribution in [0.4, 0.5) is 0 Å². The summed E-state index contributed by atoms with van der Waals surface area (Å²) >= 11 is 1.46. The molecule has 5 rings (SSSR count). The van der Waals surface area contributed by atoms with Gasteiger partial charge in [-0.2, -0.15) is 0 Å². The molecule has 0 bridgehead atoms. The third-order valence-electron chi connectivity index (χ3n) is 7.48. The first-order valence-corrected chi connectivity index (χ1v) is 12.1. The SMILES string of the molecule is O=C(O)c1csc([C@H]2CC[C@H]3[C@@H](C2)C[C@H](O)[C@@H]3COc2ccc3c(c2)CCCC3)n1. The number of hydrogen-bond acceptors (Lipinski definition) is 5. The Morgan fingerprint density at radius 2 is 2.00 bits per heavy atom. The van der Waals surface area contributed by atoms with Crippen LogP contribution in [0, 0.1) is 17.8 Å². The van der Waals surface area contributed by atoms with Gasteiger partial charge in [-0.15, -0.1) is 11.3 Å². The number of nitrogens with zero attached hydrogens (tertiary/aromatic N) is 1. The molecule has 0 spiro atoms. The van der Waals surface area contributed by atoms with Crippen molar-refractivity contribution in [3.8, 4) is 5.75 Å². The van der Waals surface area contributed by atoms with Gasteiger partial charge in [-0.25, -0.2) is 9.78 Å². The third-order valence-corrected chi connectivity index (χ3v) is 8.49. The lowest BCUT2D eigenvalue weighted by molar-refractivity contribution is 0.0689. The number of carbonyl (C=O) groups is 1. The van der Waals surface area contributed by atoms with Gasteiger partial charge in [0.05, 0.1) is 17.7 Å². The fourth-order valence-electron chi connectivity index (χ4n) is 5.92. The summed E-state index contributed by atoms with van der Waals surface area (Å²) in [5.41, 5.74) is 3.04. The molecule has 1 aromatic heterocycles. The predicted octanol–water partition coefficient (Wildman–Crippen LogP) is 4.68. The van der Waals surface area contributed by atoms with Gasteiger partial charge in [0.1, 0.15) is 5.75 Å². The monoisotopic (exact) mass is 427 g/mol. The molecule has 3 aliphatic rings. The molecule has 160 valence electrons. The highest BCUT2D eigenvalue weighted by Gasteiger charge is 2.46. The van der Waals surface area contributed by atoms with Gasteiger partial charge in [-0.1, -0.05) is 6.07 Å². The van der Waals surface area contributed by atoms with Gasteiger partial charge >= 0.3 is 5.97 Å². The summed E-state index contributed by atoms with van der Waals surface area (Å²) in [6, 6.07) is 6.50. The Hall–Kier alpha value is -1.92. The van der Waals surface area contributed by atoms with Gasteiger partial charge in [0, 0.05) is 17.2 Å². The Kier molecular flexibility index (Phi) is 5.54. The molecule has 2 aromatic rings. The molecule has 2 N–H and O–H groups in total. The summed E-state index contributed by atoms with van der Waals surface area (Å²) in [6.07, 6.45) is 8.41. The number of benzene rings is 1. The molecule has 6 heteroatoms. The molecule has 5 atom stereocenters. The van der Waals surface area contributed by atoms with Gasteiger partial charge in [0.25, 0.3) is 0 Å². The lowest BCUT2D eigenvalue weighted by Gasteiger charge is -2.33. The first-order chi connectivity index (χ1) is 14.6. The second-order valence-electron chi connectivity index (χ2n) is 9.23. The topological polar surface area (TPSA) is 79.7 Å². The highest BCUT2D eigenvalue weighted by molar-refractivity contribution is 7.09. The fourth-order valence-corrected chi connectivity index (χ4v) is 6.86. The number of aromatic carboxylic acids is 1. The molecule has 2 fully saturated rings. The zero-order chi connectivity index (χ0) is 20.7. The lowest BCUT2D eigenvalue weighted by atomic mass is 9.73. The fraction of sp³-hybridized carbons (Fsp3) is 0.583. The Balaban J connectivity index is 1.21. The van der Waals surface area contributed by atoms with E-state index in [0.717, 1.165) is 42.9 Å². The van der Waals surface area contributed by atoms with Crippen LogP contribution in [0.5, 0.6) is 5.75 Å². The van der Waals surface area contributed by atoms with E-state index in [1.165, 1.54) is 41.7 Å². The number of rotatable bonds is 5. The van der Waals surface area contributed by atoms with Crippen LogP contribution < -0.4 is 4.74 Å². The van der Waals surface area contributed by atoms with Crippen molar-refractivity contribution in [3.05, 3.63) is 45.4 Å². The van der Waals surface area contributed by atoms with Crippen molar-refractivity contribution in [2.75, 3.05) is 6.61 Å². The van der Waals surface area contributed by atoms with E-state index in [1.807, 2.05) is 0 Å². The smallest absolute Gasteiger partial charge is 0.355 e. The highest BCUT2D eigenvalue weighted by Crippen LogP contribution is 2.50. The molecule has 5 nitrogen and oxygen atoms in total. The summed E-state index contributed by atoms with van der Waals surface area (Å²) < 4.78 is 6.18. The molecule has 30 heavy (non-hydrogen) atoms. The maximum Gasteiger partial charge on any atom is 0.355 e. The van der Waals surface area contributed by atoms with Crippen molar-refractivity contribution in [2.24, 2.45) is 17.8 Å². The zero-order valence-corrected chi connectivity index (χ0v) is 17.9. The maximum atomic E-state index is 11.1. The molecule has 0 aliphatic heterocycles. The average molecular weight is 428 g/mol. The van der Waals surface area contributed by atoms with Gasteiger partial charge < -0.3 is 14.9 Å². The number of fused-ring (bicyclic) bond motifs is 2. The number of aromatic nitrogens is 1. The number of carboxylic acid groups (broad SMARTS) is 1. The van der Waals surface area contributed by atoms with Crippen LogP contribution in [0.3, 0.4) is 0 Å². The van der Waals surface area contributed by atoms with E-state index in [-0.39, 0.29) is 17.7 Å². The van der Waals surface area contributed by atoms with Crippen LogP contribution in [0.2, 0.25) is 0 Å². The Labute approximate surface area is 181 Å².